The van der Waals surface area contributed by atoms with E-state index >= 15 is 0 Å². The Morgan fingerprint density at radius 1 is 1.12 bits per heavy atom. The molecule has 2 aromatic rings. The highest BCUT2D eigenvalue weighted by Crippen LogP contribution is 2.46. The molecule has 6 nitrogen and oxygen atoms in total. The maximum Gasteiger partial charge on any atom is 0.408 e. The van der Waals surface area contributed by atoms with E-state index in [2.05, 4.69) is 0 Å². The summed E-state index contributed by atoms with van der Waals surface area (Å²) in [5, 5.41) is 10.2. The summed E-state index contributed by atoms with van der Waals surface area (Å²) < 4.78 is 46.5. The maximum atomic E-state index is 13.6. The van der Waals surface area contributed by atoms with Crippen molar-refractivity contribution in [1.82, 2.24) is 4.90 Å². The van der Waals surface area contributed by atoms with Gasteiger partial charge in [0.05, 0.1) is 16.9 Å². The Labute approximate surface area is 181 Å². The van der Waals surface area contributed by atoms with Crippen LogP contribution in [-0.4, -0.2) is 34.0 Å². The molecule has 0 saturated heterocycles. The molecule has 1 aromatic carbocycles. The van der Waals surface area contributed by atoms with Gasteiger partial charge in [-0.3, -0.25) is 9.59 Å². The van der Waals surface area contributed by atoms with Crippen molar-refractivity contribution in [1.29, 1.82) is 0 Å². The summed E-state index contributed by atoms with van der Waals surface area (Å²) in [5.41, 5.74) is -0.642. The molecule has 2 heterocycles. The molecule has 0 radical (unpaired) electrons. The molecule has 0 fully saturated rings. The minimum Gasteiger partial charge on any atom is -0.478 e. The first-order valence-electron chi connectivity index (χ1n) is 9.82. The first-order chi connectivity index (χ1) is 14.8. The third-order valence-electron chi connectivity index (χ3n) is 5.77. The van der Waals surface area contributed by atoms with Gasteiger partial charge in [-0.05, 0) is 40.7 Å². The van der Waals surface area contributed by atoms with E-state index in [1.165, 1.54) is 45.0 Å². The number of Topliss-reactive ketones (excluding diaryl/α,β-unsaturated/α-hetero) is 1. The van der Waals surface area contributed by atoms with Gasteiger partial charge in [0.25, 0.3) is 0 Å². The third kappa shape index (κ3) is 3.72. The Morgan fingerprint density at radius 2 is 1.72 bits per heavy atom. The van der Waals surface area contributed by atoms with E-state index < -0.39 is 29.9 Å². The molecule has 32 heavy (non-hydrogen) atoms. The number of carbonyl (C=O) groups excluding carboxylic acids is 1. The fourth-order valence-corrected chi connectivity index (χ4v) is 4.39. The van der Waals surface area contributed by atoms with Crippen LogP contribution in [-0.2, 0) is 9.59 Å². The van der Waals surface area contributed by atoms with Gasteiger partial charge in [0.2, 0.25) is 0 Å². The minimum absolute atomic E-state index is 0.00169. The van der Waals surface area contributed by atoms with Crippen LogP contribution in [0.15, 0.2) is 56.0 Å². The molecule has 170 valence electrons. The zero-order valence-electron chi connectivity index (χ0n) is 18.1. The number of halogens is 3. The molecule has 2 atom stereocenters. The topological polar surface area (TPSA) is 87.8 Å². The predicted molar refractivity (Wildman–Crippen MR) is 111 cm³/mol. The number of nitrogens with zero attached hydrogens (tertiary/aromatic N) is 1. The zero-order valence-corrected chi connectivity index (χ0v) is 18.1. The van der Waals surface area contributed by atoms with Crippen LogP contribution in [0.1, 0.15) is 44.9 Å². The van der Waals surface area contributed by atoms with Gasteiger partial charge in [0.1, 0.15) is 17.4 Å². The molecular formula is C23H22F3NO5. The maximum absolute atomic E-state index is 13.6. The zero-order chi connectivity index (χ0) is 24.1. The van der Waals surface area contributed by atoms with Crippen molar-refractivity contribution in [2.75, 3.05) is 0 Å². The lowest BCUT2D eigenvalue weighted by Crippen LogP contribution is -2.45. The average Bonchev–Trinajstić information content (AvgIpc) is 2.65. The molecule has 0 bridgehead atoms. The Balaban J connectivity index is 2.44. The Morgan fingerprint density at radius 3 is 2.25 bits per heavy atom. The fourth-order valence-electron chi connectivity index (χ4n) is 4.39. The number of benzene rings is 1. The number of carboxylic acids is 1. The van der Waals surface area contributed by atoms with Crippen molar-refractivity contribution in [3.05, 3.63) is 68.4 Å². The quantitative estimate of drug-likeness (QED) is 0.730. The number of hydrogen-bond donors (Lipinski definition) is 1. The number of rotatable bonds is 4. The number of ketones is 1. The second-order valence-electron chi connectivity index (χ2n) is 7.83. The second-order valence-corrected chi connectivity index (χ2v) is 7.83. The molecule has 9 heteroatoms. The summed E-state index contributed by atoms with van der Waals surface area (Å²) in [6.07, 6.45) is -4.66. The van der Waals surface area contributed by atoms with Gasteiger partial charge in [-0.25, -0.2) is 4.79 Å². The lowest BCUT2D eigenvalue weighted by atomic mass is 9.77. The van der Waals surface area contributed by atoms with Crippen LogP contribution in [0.5, 0.6) is 0 Å². The highest BCUT2D eigenvalue weighted by Gasteiger charge is 2.46. The molecular weight excluding hydrogens is 427 g/mol. The monoisotopic (exact) mass is 449 g/mol. The van der Waals surface area contributed by atoms with Gasteiger partial charge in [0.15, 0.2) is 11.2 Å². The number of alkyl halides is 3. The van der Waals surface area contributed by atoms with Gasteiger partial charge in [0, 0.05) is 28.6 Å². The van der Waals surface area contributed by atoms with Crippen molar-refractivity contribution in [3.63, 3.8) is 0 Å². The first kappa shape index (κ1) is 23.3. The molecule has 1 aliphatic rings. The number of carbonyl (C=O) groups is 2. The summed E-state index contributed by atoms with van der Waals surface area (Å²) in [6.45, 7) is 6.28. The van der Waals surface area contributed by atoms with Crippen molar-refractivity contribution < 1.29 is 32.3 Å². The largest absolute Gasteiger partial charge is 0.478 e. The van der Waals surface area contributed by atoms with Crippen molar-refractivity contribution >= 4 is 22.7 Å². The Kier molecular flexibility index (Phi) is 5.80. The molecule has 0 saturated carbocycles. The molecule has 2 unspecified atom stereocenters. The number of fused-ring (bicyclic) bond motifs is 1. The highest BCUT2D eigenvalue weighted by atomic mass is 19.4. The summed E-state index contributed by atoms with van der Waals surface area (Å²) in [4.78, 5) is 38.3. The molecule has 0 spiro atoms. The lowest BCUT2D eigenvalue weighted by Gasteiger charge is -2.41. The summed E-state index contributed by atoms with van der Waals surface area (Å²) >= 11 is 0. The fraction of sp³-hybridized carbons (Fsp3) is 0.348. The number of para-hydroxylation sites is 1. The summed E-state index contributed by atoms with van der Waals surface area (Å²) in [7, 11) is 0. The summed E-state index contributed by atoms with van der Waals surface area (Å²) in [6, 6.07) is 3.78. The van der Waals surface area contributed by atoms with Crippen LogP contribution >= 0.6 is 0 Å². The first-order valence-corrected chi connectivity index (χ1v) is 9.82. The van der Waals surface area contributed by atoms with E-state index in [-0.39, 0.29) is 50.3 Å². The molecule has 0 aliphatic carbocycles. The van der Waals surface area contributed by atoms with Crippen molar-refractivity contribution in [2.24, 2.45) is 0 Å². The van der Waals surface area contributed by atoms with Crippen molar-refractivity contribution in [3.8, 4) is 0 Å². The summed E-state index contributed by atoms with van der Waals surface area (Å²) in [5.74, 6) is -2.98. The van der Waals surface area contributed by atoms with Crippen molar-refractivity contribution in [2.45, 2.75) is 52.8 Å². The minimum atomic E-state index is -4.66. The number of carboxylic acid groups (broad SMARTS) is 1. The van der Waals surface area contributed by atoms with Crippen LogP contribution in [0, 0.1) is 6.92 Å². The third-order valence-corrected chi connectivity index (χ3v) is 5.77. The SMILES string of the molecule is CC(=O)C1=C(C)N(C(C)C(F)(F)F)C(C)=C(C(=O)O)C1c1cccc2c(=O)cc(C)oc12. The van der Waals surface area contributed by atoms with Gasteiger partial charge < -0.3 is 14.4 Å². The Bertz CT molecular complexity index is 1210. The standard InChI is InChI=1S/C23H22F3NO5/c1-10-9-17(29)15-7-6-8-16(21(15)32-10)20-18(13(4)28)11(2)27(14(5)23(24,25)26)12(3)19(20)22(30)31/h6-9,14,20H,1-5H3,(H,30,31). The van der Waals surface area contributed by atoms with Gasteiger partial charge in [-0.1, -0.05) is 12.1 Å². The highest BCUT2D eigenvalue weighted by molar-refractivity contribution is 6.02. The van der Waals surface area contributed by atoms with Gasteiger partial charge in [-0.15, -0.1) is 0 Å². The molecule has 1 aliphatic heterocycles. The second kappa shape index (κ2) is 7.96. The number of allylic oxidation sites excluding steroid dienone is 3. The van der Waals surface area contributed by atoms with Crippen LogP contribution in [0.25, 0.3) is 11.0 Å². The van der Waals surface area contributed by atoms with E-state index in [0.717, 1.165) is 11.8 Å². The smallest absolute Gasteiger partial charge is 0.408 e. The predicted octanol–water partition coefficient (Wildman–Crippen LogP) is 4.67. The van der Waals surface area contributed by atoms with Crippen LogP contribution < -0.4 is 5.43 Å². The normalized spacial score (nSPS) is 18.4. The van der Waals surface area contributed by atoms with E-state index in [0.29, 0.717) is 0 Å². The molecule has 1 N–H and O–H groups in total. The van der Waals surface area contributed by atoms with E-state index in [4.69, 9.17) is 4.42 Å². The number of aryl methyl sites for hydroxylation is 1. The van der Waals surface area contributed by atoms with E-state index in [1.807, 2.05) is 0 Å². The molecule has 0 amide bonds. The van der Waals surface area contributed by atoms with E-state index in [1.54, 1.807) is 6.92 Å². The van der Waals surface area contributed by atoms with Gasteiger partial charge in [-0.2, -0.15) is 13.2 Å². The van der Waals surface area contributed by atoms with Crippen LogP contribution in [0.4, 0.5) is 13.2 Å². The average molecular weight is 449 g/mol. The molecule has 3 rings (SSSR count). The van der Waals surface area contributed by atoms with E-state index in [9.17, 15) is 32.7 Å². The molecule has 1 aromatic heterocycles. The number of aliphatic carboxylic acids is 1. The lowest BCUT2D eigenvalue weighted by molar-refractivity contribution is -0.170. The number of hydrogen-bond acceptors (Lipinski definition) is 5. The van der Waals surface area contributed by atoms with Crippen LogP contribution in [0.2, 0.25) is 0 Å². The Hall–Kier alpha value is -3.36. The van der Waals surface area contributed by atoms with Crippen LogP contribution in [0.3, 0.4) is 0 Å². The van der Waals surface area contributed by atoms with Gasteiger partial charge >= 0.3 is 12.1 Å².